The molecule has 1 amide bonds. The molecule has 0 aliphatic heterocycles. The Labute approximate surface area is 126 Å². The number of hydrogen-bond acceptors (Lipinski definition) is 3. The lowest BCUT2D eigenvalue weighted by atomic mass is 10.1. The molecule has 1 aromatic rings. The molecule has 1 atom stereocenters. The maximum Gasteiger partial charge on any atom is 0.317 e. The molecule has 21 heavy (non-hydrogen) atoms. The minimum absolute atomic E-state index is 0.0352. The zero-order chi connectivity index (χ0) is 15.8. The minimum Gasteiger partial charge on any atom is -0.480 e. The first-order chi connectivity index (χ1) is 9.95. The molecule has 5 heteroatoms. The second-order valence-corrected chi connectivity index (χ2v) is 5.20. The average molecular weight is 292 g/mol. The van der Waals surface area contributed by atoms with Crippen molar-refractivity contribution in [1.82, 2.24) is 9.80 Å². The van der Waals surface area contributed by atoms with Crippen molar-refractivity contribution >= 4 is 11.9 Å². The lowest BCUT2D eigenvalue weighted by Crippen LogP contribution is -2.41. The van der Waals surface area contributed by atoms with Crippen molar-refractivity contribution in [2.75, 3.05) is 26.7 Å². The summed E-state index contributed by atoms with van der Waals surface area (Å²) < 4.78 is 0. The molecule has 5 nitrogen and oxygen atoms in total. The molecule has 1 rings (SSSR count). The van der Waals surface area contributed by atoms with Gasteiger partial charge in [-0.3, -0.25) is 14.5 Å². The van der Waals surface area contributed by atoms with Gasteiger partial charge in [-0.2, -0.15) is 0 Å². The van der Waals surface area contributed by atoms with Gasteiger partial charge in [0.25, 0.3) is 0 Å². The van der Waals surface area contributed by atoms with Crippen LogP contribution in [0.2, 0.25) is 0 Å². The molecular formula is C16H24N2O3. The van der Waals surface area contributed by atoms with E-state index in [0.717, 1.165) is 12.0 Å². The Hall–Kier alpha value is -1.88. The van der Waals surface area contributed by atoms with Crippen LogP contribution in [-0.2, 0) is 9.59 Å². The average Bonchev–Trinajstić information content (AvgIpc) is 2.46. The summed E-state index contributed by atoms with van der Waals surface area (Å²) in [6.45, 7) is 4.57. The second kappa shape index (κ2) is 8.42. The molecule has 116 valence electrons. The summed E-state index contributed by atoms with van der Waals surface area (Å²) in [5, 5.41) is 8.88. The van der Waals surface area contributed by atoms with Crippen molar-refractivity contribution in [3.05, 3.63) is 35.9 Å². The van der Waals surface area contributed by atoms with Crippen LogP contribution in [0.15, 0.2) is 30.3 Å². The standard InChI is InChI=1S/C16H24N2O3/c1-4-10-18(12-16(20)21)11-15(19)17(3)13(2)14-8-6-5-7-9-14/h5-9,13H,4,10-12H2,1-3H3,(H,20,21). The van der Waals surface area contributed by atoms with E-state index in [0.29, 0.717) is 6.54 Å². The van der Waals surface area contributed by atoms with Crippen LogP contribution in [-0.4, -0.2) is 53.5 Å². The summed E-state index contributed by atoms with van der Waals surface area (Å²) in [5.41, 5.74) is 1.06. The minimum atomic E-state index is -0.907. The van der Waals surface area contributed by atoms with E-state index in [2.05, 4.69) is 0 Å². The Morgan fingerprint density at radius 2 is 1.81 bits per heavy atom. The van der Waals surface area contributed by atoms with E-state index in [1.54, 1.807) is 16.8 Å². The number of nitrogens with zero attached hydrogens (tertiary/aromatic N) is 2. The van der Waals surface area contributed by atoms with E-state index in [-0.39, 0.29) is 25.0 Å². The van der Waals surface area contributed by atoms with Gasteiger partial charge in [0.2, 0.25) is 5.91 Å². The fourth-order valence-electron chi connectivity index (χ4n) is 2.20. The largest absolute Gasteiger partial charge is 0.480 e. The molecule has 0 spiro atoms. The summed E-state index contributed by atoms with van der Waals surface area (Å²) in [4.78, 5) is 26.5. The number of carboxylic acids is 1. The maximum atomic E-state index is 12.3. The normalized spacial score (nSPS) is 12.2. The topological polar surface area (TPSA) is 60.9 Å². The van der Waals surface area contributed by atoms with Gasteiger partial charge in [0.15, 0.2) is 0 Å². The highest BCUT2D eigenvalue weighted by Crippen LogP contribution is 2.18. The zero-order valence-corrected chi connectivity index (χ0v) is 13.0. The number of carbonyl (C=O) groups is 2. The van der Waals surface area contributed by atoms with E-state index in [1.807, 2.05) is 44.2 Å². The summed E-state index contributed by atoms with van der Waals surface area (Å²) in [5.74, 6) is -0.976. The van der Waals surface area contributed by atoms with Gasteiger partial charge in [-0.25, -0.2) is 0 Å². The fraction of sp³-hybridized carbons (Fsp3) is 0.500. The van der Waals surface area contributed by atoms with Crippen LogP contribution >= 0.6 is 0 Å². The number of likely N-dealkylation sites (N-methyl/N-ethyl adjacent to an activating group) is 1. The molecule has 1 aromatic carbocycles. The molecule has 0 aliphatic rings. The first-order valence-corrected chi connectivity index (χ1v) is 7.20. The molecule has 0 saturated heterocycles. The molecule has 1 unspecified atom stereocenters. The van der Waals surface area contributed by atoms with Gasteiger partial charge in [-0.15, -0.1) is 0 Å². The van der Waals surface area contributed by atoms with Crippen LogP contribution in [0, 0.1) is 0 Å². The van der Waals surface area contributed by atoms with Crippen molar-refractivity contribution in [1.29, 1.82) is 0 Å². The predicted octanol–water partition coefficient (Wildman–Crippen LogP) is 2.00. The third-order valence-corrected chi connectivity index (χ3v) is 3.51. The molecule has 0 aliphatic carbocycles. The van der Waals surface area contributed by atoms with Crippen molar-refractivity contribution in [3.63, 3.8) is 0 Å². The third kappa shape index (κ3) is 5.55. The molecule has 0 radical (unpaired) electrons. The highest BCUT2D eigenvalue weighted by atomic mass is 16.4. The fourth-order valence-corrected chi connectivity index (χ4v) is 2.20. The van der Waals surface area contributed by atoms with E-state index < -0.39 is 5.97 Å². The molecule has 0 saturated carbocycles. The zero-order valence-electron chi connectivity index (χ0n) is 13.0. The van der Waals surface area contributed by atoms with Gasteiger partial charge >= 0.3 is 5.97 Å². The Kier molecular flexibility index (Phi) is 6.88. The molecule has 1 N–H and O–H groups in total. The SMILES string of the molecule is CCCN(CC(=O)O)CC(=O)N(C)C(C)c1ccccc1. The van der Waals surface area contributed by atoms with Crippen LogP contribution in [0.1, 0.15) is 31.9 Å². The quantitative estimate of drug-likeness (QED) is 0.796. The third-order valence-electron chi connectivity index (χ3n) is 3.51. The van der Waals surface area contributed by atoms with Gasteiger partial charge in [0.05, 0.1) is 19.1 Å². The van der Waals surface area contributed by atoms with Crippen molar-refractivity contribution in [2.24, 2.45) is 0 Å². The van der Waals surface area contributed by atoms with E-state index in [9.17, 15) is 9.59 Å². The number of benzene rings is 1. The highest BCUT2D eigenvalue weighted by molar-refractivity contribution is 5.79. The van der Waals surface area contributed by atoms with Crippen molar-refractivity contribution in [3.8, 4) is 0 Å². The molecule has 0 heterocycles. The smallest absolute Gasteiger partial charge is 0.317 e. The van der Waals surface area contributed by atoms with Gasteiger partial charge in [0.1, 0.15) is 0 Å². The Morgan fingerprint density at radius 1 is 1.19 bits per heavy atom. The van der Waals surface area contributed by atoms with E-state index in [1.165, 1.54) is 0 Å². The number of aliphatic carboxylic acids is 1. The Bertz CT molecular complexity index is 462. The summed E-state index contributed by atoms with van der Waals surface area (Å²) in [7, 11) is 1.75. The molecule has 0 aromatic heterocycles. The maximum absolute atomic E-state index is 12.3. The number of carboxylic acid groups (broad SMARTS) is 1. The lowest BCUT2D eigenvalue weighted by Gasteiger charge is -2.28. The highest BCUT2D eigenvalue weighted by Gasteiger charge is 2.20. The first-order valence-electron chi connectivity index (χ1n) is 7.20. The molecular weight excluding hydrogens is 268 g/mol. The predicted molar refractivity (Wildman–Crippen MR) is 82.0 cm³/mol. The number of amides is 1. The van der Waals surface area contributed by atoms with Gasteiger partial charge in [0, 0.05) is 7.05 Å². The summed E-state index contributed by atoms with van der Waals surface area (Å²) in [6, 6.07) is 9.75. The van der Waals surface area contributed by atoms with Crippen molar-refractivity contribution < 1.29 is 14.7 Å². The Balaban J connectivity index is 2.66. The van der Waals surface area contributed by atoms with Gasteiger partial charge in [-0.05, 0) is 25.5 Å². The van der Waals surface area contributed by atoms with Crippen LogP contribution < -0.4 is 0 Å². The molecule has 0 fully saturated rings. The molecule has 0 bridgehead atoms. The monoisotopic (exact) mass is 292 g/mol. The summed E-state index contributed by atoms with van der Waals surface area (Å²) in [6.07, 6.45) is 0.818. The number of rotatable bonds is 8. The van der Waals surface area contributed by atoms with Crippen LogP contribution in [0.25, 0.3) is 0 Å². The second-order valence-electron chi connectivity index (χ2n) is 5.20. The lowest BCUT2D eigenvalue weighted by molar-refractivity contribution is -0.139. The number of carbonyl (C=O) groups excluding carboxylic acids is 1. The van der Waals surface area contributed by atoms with Crippen LogP contribution in [0.3, 0.4) is 0 Å². The summed E-state index contributed by atoms with van der Waals surface area (Å²) >= 11 is 0. The van der Waals surface area contributed by atoms with E-state index >= 15 is 0 Å². The van der Waals surface area contributed by atoms with Crippen molar-refractivity contribution in [2.45, 2.75) is 26.3 Å². The van der Waals surface area contributed by atoms with Crippen LogP contribution in [0.4, 0.5) is 0 Å². The van der Waals surface area contributed by atoms with Gasteiger partial charge < -0.3 is 10.0 Å². The van der Waals surface area contributed by atoms with Crippen LogP contribution in [0.5, 0.6) is 0 Å². The number of hydrogen-bond donors (Lipinski definition) is 1. The van der Waals surface area contributed by atoms with Gasteiger partial charge in [-0.1, -0.05) is 37.3 Å². The first kappa shape index (κ1) is 17.2. The Morgan fingerprint density at radius 3 is 2.33 bits per heavy atom. The van der Waals surface area contributed by atoms with E-state index in [4.69, 9.17) is 5.11 Å².